The number of carbonyl (C=O) groups excluding carboxylic acids is 2. The number of likely N-dealkylation sites (tertiary alicyclic amines) is 1. The first kappa shape index (κ1) is 17.1. The summed E-state index contributed by atoms with van der Waals surface area (Å²) in [6.45, 7) is 5.96. The summed E-state index contributed by atoms with van der Waals surface area (Å²) in [5.74, 6) is 0. The van der Waals surface area contributed by atoms with E-state index in [1.54, 1.807) is 9.80 Å². The van der Waals surface area contributed by atoms with Crippen LogP contribution in [-0.2, 0) is 13.8 Å². The predicted octanol–water partition coefficient (Wildman–Crippen LogP) is 3.83. The number of ether oxygens (including phenoxy) is 2. The number of fused-ring (bicyclic) bond motifs is 3. The van der Waals surface area contributed by atoms with Gasteiger partial charge in [0.2, 0.25) is 0 Å². The molecule has 0 aromatic heterocycles. The molecule has 7 heteroatoms. The molecule has 6 nitrogen and oxygen atoms in total. The summed E-state index contributed by atoms with van der Waals surface area (Å²) < 4.78 is 9.96. The van der Waals surface area contributed by atoms with Gasteiger partial charge in [0.05, 0.1) is 17.1 Å². The Labute approximate surface area is 149 Å². The normalized spacial score (nSPS) is 25.3. The molecular formula is C17H21BrN2O4. The smallest absolute Gasteiger partial charge is 0.416 e. The molecule has 3 rings (SSSR count). The monoisotopic (exact) mass is 396 g/mol. The summed E-state index contributed by atoms with van der Waals surface area (Å²) in [5.41, 5.74) is 1.10. The second-order valence-corrected chi connectivity index (χ2v) is 8.43. The third-order valence-electron chi connectivity index (χ3n) is 4.28. The Morgan fingerprint density at radius 2 is 1.92 bits per heavy atom. The lowest BCUT2D eigenvalue weighted by atomic mass is 9.98. The van der Waals surface area contributed by atoms with Gasteiger partial charge in [-0.1, -0.05) is 34.1 Å². The Kier molecular flexibility index (Phi) is 4.02. The molecule has 2 aliphatic rings. The number of para-hydroxylation sites is 1. The van der Waals surface area contributed by atoms with Gasteiger partial charge in [-0.15, -0.1) is 0 Å². The first-order valence-electron chi connectivity index (χ1n) is 7.84. The maximum absolute atomic E-state index is 12.9. The summed E-state index contributed by atoms with van der Waals surface area (Å²) in [4.78, 5) is 28.2. The number of halogens is 1. The summed E-state index contributed by atoms with van der Waals surface area (Å²) in [6.07, 6.45) is -0.764. The SMILES string of the molecule is COC(=O)N1CCC2(Br)c3ccccc3N(C(=O)OC(C)(C)C)C12. The van der Waals surface area contributed by atoms with Crippen LogP contribution in [0.2, 0.25) is 0 Å². The van der Waals surface area contributed by atoms with Gasteiger partial charge in [0, 0.05) is 6.54 Å². The molecule has 0 saturated carbocycles. The highest BCUT2D eigenvalue weighted by Crippen LogP contribution is 2.56. The topological polar surface area (TPSA) is 59.1 Å². The van der Waals surface area contributed by atoms with Crippen LogP contribution in [0, 0.1) is 0 Å². The van der Waals surface area contributed by atoms with Crippen LogP contribution in [0.3, 0.4) is 0 Å². The van der Waals surface area contributed by atoms with Gasteiger partial charge in [-0.25, -0.2) is 9.59 Å². The lowest BCUT2D eigenvalue weighted by Gasteiger charge is -2.34. The number of hydrogen-bond donors (Lipinski definition) is 0. The first-order chi connectivity index (χ1) is 11.2. The van der Waals surface area contributed by atoms with E-state index in [0.29, 0.717) is 13.0 Å². The molecule has 130 valence electrons. The molecule has 0 radical (unpaired) electrons. The van der Waals surface area contributed by atoms with E-state index in [0.717, 1.165) is 11.3 Å². The molecule has 1 saturated heterocycles. The van der Waals surface area contributed by atoms with E-state index >= 15 is 0 Å². The van der Waals surface area contributed by atoms with E-state index in [1.807, 2.05) is 45.0 Å². The molecule has 2 heterocycles. The second-order valence-electron chi connectivity index (χ2n) is 7.02. The molecule has 2 amide bonds. The van der Waals surface area contributed by atoms with E-state index < -0.39 is 28.3 Å². The minimum Gasteiger partial charge on any atom is -0.453 e. The summed E-state index contributed by atoms with van der Waals surface area (Å²) >= 11 is 3.80. The number of anilines is 1. The number of amides is 2. The number of methoxy groups -OCH3 is 1. The number of benzene rings is 1. The molecule has 0 bridgehead atoms. The molecule has 2 aliphatic heterocycles. The van der Waals surface area contributed by atoms with Crippen molar-refractivity contribution in [3.05, 3.63) is 29.8 Å². The predicted molar refractivity (Wildman–Crippen MR) is 93.3 cm³/mol. The minimum absolute atomic E-state index is 0.456. The quantitative estimate of drug-likeness (QED) is 0.625. The number of hydrogen-bond acceptors (Lipinski definition) is 4. The first-order valence-corrected chi connectivity index (χ1v) is 8.63. The van der Waals surface area contributed by atoms with Gasteiger partial charge in [-0.3, -0.25) is 9.80 Å². The minimum atomic E-state index is -0.627. The molecule has 2 unspecified atom stereocenters. The molecule has 0 N–H and O–H groups in total. The molecule has 0 aliphatic carbocycles. The molecule has 24 heavy (non-hydrogen) atoms. The van der Waals surface area contributed by atoms with Gasteiger partial charge in [0.15, 0.2) is 0 Å². The molecule has 1 aromatic rings. The van der Waals surface area contributed by atoms with E-state index in [1.165, 1.54) is 7.11 Å². The third-order valence-corrected chi connectivity index (χ3v) is 5.51. The standard InChI is InChI=1S/C17H21BrN2O4/c1-16(2,3)24-15(22)20-12-8-6-5-7-11(12)17(18)9-10-19(13(17)20)14(21)23-4/h5-8,13H,9-10H2,1-4H3. The molecule has 1 fully saturated rings. The van der Waals surface area contributed by atoms with Crippen molar-refractivity contribution in [3.8, 4) is 0 Å². The van der Waals surface area contributed by atoms with Crippen LogP contribution in [-0.4, -0.2) is 42.5 Å². The van der Waals surface area contributed by atoms with Crippen LogP contribution in [0.5, 0.6) is 0 Å². The Balaban J connectivity index is 2.07. The molecular weight excluding hydrogens is 376 g/mol. The van der Waals surface area contributed by atoms with Gasteiger partial charge in [0.25, 0.3) is 0 Å². The largest absolute Gasteiger partial charge is 0.453 e. The fraction of sp³-hybridized carbons (Fsp3) is 0.529. The number of nitrogens with zero attached hydrogens (tertiary/aromatic N) is 2. The molecule has 2 atom stereocenters. The van der Waals surface area contributed by atoms with Crippen LogP contribution in [0.1, 0.15) is 32.8 Å². The van der Waals surface area contributed by atoms with Crippen molar-refractivity contribution >= 4 is 33.8 Å². The zero-order valence-corrected chi connectivity index (χ0v) is 15.8. The highest BCUT2D eigenvalue weighted by Gasteiger charge is 2.60. The highest BCUT2D eigenvalue weighted by atomic mass is 79.9. The van der Waals surface area contributed by atoms with Gasteiger partial charge >= 0.3 is 12.2 Å². The Bertz CT molecular complexity index is 687. The average molecular weight is 397 g/mol. The van der Waals surface area contributed by atoms with Crippen molar-refractivity contribution in [2.45, 2.75) is 43.3 Å². The van der Waals surface area contributed by atoms with Crippen LogP contribution in [0.15, 0.2) is 24.3 Å². The Morgan fingerprint density at radius 1 is 1.25 bits per heavy atom. The van der Waals surface area contributed by atoms with Crippen molar-refractivity contribution in [3.63, 3.8) is 0 Å². The van der Waals surface area contributed by atoms with Crippen molar-refractivity contribution in [2.75, 3.05) is 18.6 Å². The number of rotatable bonds is 0. The fourth-order valence-corrected chi connectivity index (χ4v) is 4.35. The zero-order chi connectivity index (χ0) is 17.7. The lowest BCUT2D eigenvalue weighted by molar-refractivity contribution is 0.0525. The second kappa shape index (κ2) is 5.65. The van der Waals surface area contributed by atoms with Crippen LogP contribution >= 0.6 is 15.9 Å². The summed E-state index contributed by atoms with van der Waals surface area (Å²) in [6, 6.07) is 7.65. The van der Waals surface area contributed by atoms with Crippen molar-refractivity contribution < 1.29 is 19.1 Å². The zero-order valence-electron chi connectivity index (χ0n) is 14.2. The average Bonchev–Trinajstić information content (AvgIpc) is 2.96. The van der Waals surface area contributed by atoms with Crippen LogP contribution < -0.4 is 4.90 Å². The van der Waals surface area contributed by atoms with Crippen molar-refractivity contribution in [2.24, 2.45) is 0 Å². The van der Waals surface area contributed by atoms with Crippen molar-refractivity contribution in [1.29, 1.82) is 0 Å². The fourth-order valence-electron chi connectivity index (χ4n) is 3.38. The van der Waals surface area contributed by atoms with E-state index in [4.69, 9.17) is 9.47 Å². The Hall–Kier alpha value is -1.76. The lowest BCUT2D eigenvalue weighted by Crippen LogP contribution is -2.53. The van der Waals surface area contributed by atoms with Gasteiger partial charge in [-0.2, -0.15) is 0 Å². The van der Waals surface area contributed by atoms with Crippen LogP contribution in [0.25, 0.3) is 0 Å². The summed E-state index contributed by atoms with van der Waals surface area (Å²) in [5, 5.41) is 0. The van der Waals surface area contributed by atoms with E-state index in [2.05, 4.69) is 15.9 Å². The highest BCUT2D eigenvalue weighted by molar-refractivity contribution is 9.09. The molecule has 0 spiro atoms. The van der Waals surface area contributed by atoms with Crippen LogP contribution in [0.4, 0.5) is 15.3 Å². The van der Waals surface area contributed by atoms with Gasteiger partial charge < -0.3 is 9.47 Å². The van der Waals surface area contributed by atoms with Gasteiger partial charge in [0.1, 0.15) is 11.8 Å². The summed E-state index contributed by atoms with van der Waals surface area (Å²) in [7, 11) is 1.34. The maximum atomic E-state index is 12.9. The van der Waals surface area contributed by atoms with E-state index in [-0.39, 0.29) is 0 Å². The number of carbonyl (C=O) groups is 2. The number of alkyl halides is 1. The van der Waals surface area contributed by atoms with Gasteiger partial charge in [-0.05, 0) is 38.8 Å². The van der Waals surface area contributed by atoms with E-state index in [9.17, 15) is 9.59 Å². The van der Waals surface area contributed by atoms with Crippen molar-refractivity contribution in [1.82, 2.24) is 4.90 Å². The maximum Gasteiger partial charge on any atom is 0.416 e. The third kappa shape index (κ3) is 2.55. The molecule has 1 aromatic carbocycles. The Morgan fingerprint density at radius 3 is 2.54 bits per heavy atom.